The fraction of sp³-hybridized carbons (Fsp3) is 0.647. The lowest BCUT2D eigenvalue weighted by atomic mass is 9.60. The maximum absolute atomic E-state index is 9.92. The highest BCUT2D eigenvalue weighted by Gasteiger charge is 2.76. The Labute approximate surface area is 114 Å². The molecule has 1 aromatic rings. The first-order valence-corrected chi connectivity index (χ1v) is 7.73. The van der Waals surface area contributed by atoms with E-state index >= 15 is 0 Å². The van der Waals surface area contributed by atoms with Gasteiger partial charge in [0, 0.05) is 17.0 Å². The lowest BCUT2D eigenvalue weighted by molar-refractivity contribution is 0.148. The van der Waals surface area contributed by atoms with E-state index in [0.29, 0.717) is 16.7 Å². The molecule has 0 radical (unpaired) electrons. The quantitative estimate of drug-likeness (QED) is 0.721. The van der Waals surface area contributed by atoms with Crippen molar-refractivity contribution in [2.45, 2.75) is 55.5 Å². The molecule has 0 aromatic heterocycles. The predicted octanol–water partition coefficient (Wildman–Crippen LogP) is 2.83. The smallest absolute Gasteiger partial charge is 0.115 e. The molecule has 2 saturated carbocycles. The van der Waals surface area contributed by atoms with Crippen LogP contribution in [0.25, 0.3) is 0 Å². The van der Waals surface area contributed by atoms with Crippen molar-refractivity contribution in [3.8, 4) is 5.75 Å². The zero-order valence-corrected chi connectivity index (χ0v) is 11.5. The molecule has 5 rings (SSSR count). The molecule has 1 unspecified atom stereocenters. The summed E-state index contributed by atoms with van der Waals surface area (Å²) in [6, 6.07) is 6.98. The van der Waals surface area contributed by atoms with Gasteiger partial charge in [-0.1, -0.05) is 18.9 Å². The van der Waals surface area contributed by atoms with Crippen LogP contribution in [0.15, 0.2) is 18.2 Å². The van der Waals surface area contributed by atoms with Crippen LogP contribution in [0.3, 0.4) is 0 Å². The van der Waals surface area contributed by atoms with E-state index in [1.165, 1.54) is 49.7 Å². The molecular formula is C17H21NO. The van der Waals surface area contributed by atoms with Gasteiger partial charge in [-0.05, 0) is 61.9 Å². The summed E-state index contributed by atoms with van der Waals surface area (Å²) >= 11 is 0. The molecule has 3 fully saturated rings. The Morgan fingerprint density at radius 3 is 3.11 bits per heavy atom. The molecule has 100 valence electrons. The molecule has 2 nitrogen and oxygen atoms in total. The fourth-order valence-corrected chi connectivity index (χ4v) is 6.15. The van der Waals surface area contributed by atoms with Crippen molar-refractivity contribution in [2.24, 2.45) is 5.92 Å². The van der Waals surface area contributed by atoms with Gasteiger partial charge in [0.05, 0.1) is 0 Å². The maximum atomic E-state index is 9.92. The zero-order valence-electron chi connectivity index (χ0n) is 11.5. The van der Waals surface area contributed by atoms with Crippen molar-refractivity contribution in [3.05, 3.63) is 29.3 Å². The number of nitrogens with zero attached hydrogens (tertiary/aromatic N) is 1. The summed E-state index contributed by atoms with van der Waals surface area (Å²) in [5, 5.41) is 9.92. The Hall–Kier alpha value is -1.02. The SMILES string of the molecule is CN1[C@H]2[C@@H]3CCCC[C@@]34C[C@]21Cc1ccc(O)cc14. The average Bonchev–Trinajstić information content (AvgIpc) is 2.84. The molecule has 4 aliphatic rings. The highest BCUT2D eigenvalue weighted by Crippen LogP contribution is 2.71. The third-order valence-electron chi connectivity index (χ3n) is 6.83. The van der Waals surface area contributed by atoms with E-state index in [4.69, 9.17) is 0 Å². The Kier molecular flexibility index (Phi) is 1.70. The van der Waals surface area contributed by atoms with Crippen molar-refractivity contribution < 1.29 is 5.11 Å². The standard InChI is InChI=1S/C17H21NO/c1-18-15-13-4-2-3-7-16(13)10-17(15,18)9-11-5-6-12(19)8-14(11)16/h5-6,8,13,15,19H,2-4,7,9-10H2,1H3/t13-,15-,16+,17+,18?/m0/s1. The van der Waals surface area contributed by atoms with Crippen molar-refractivity contribution in [1.29, 1.82) is 0 Å². The highest BCUT2D eigenvalue weighted by molar-refractivity contribution is 5.52. The summed E-state index contributed by atoms with van der Waals surface area (Å²) in [7, 11) is 2.33. The highest BCUT2D eigenvalue weighted by atomic mass is 16.3. The van der Waals surface area contributed by atoms with Crippen LogP contribution in [-0.4, -0.2) is 28.6 Å². The van der Waals surface area contributed by atoms with E-state index in [1.54, 1.807) is 0 Å². The van der Waals surface area contributed by atoms with E-state index in [0.717, 1.165) is 12.0 Å². The molecule has 1 N–H and O–H groups in total. The van der Waals surface area contributed by atoms with Crippen molar-refractivity contribution in [3.63, 3.8) is 0 Å². The average molecular weight is 255 g/mol. The lowest BCUT2D eigenvalue weighted by Gasteiger charge is -2.46. The van der Waals surface area contributed by atoms with Gasteiger partial charge in [0.1, 0.15) is 5.75 Å². The molecule has 3 aliphatic carbocycles. The lowest BCUT2D eigenvalue weighted by Crippen LogP contribution is -2.43. The first kappa shape index (κ1) is 10.7. The fourth-order valence-electron chi connectivity index (χ4n) is 6.15. The Morgan fingerprint density at radius 1 is 1.32 bits per heavy atom. The van der Waals surface area contributed by atoms with Crippen molar-refractivity contribution >= 4 is 0 Å². The molecule has 1 heterocycles. The van der Waals surface area contributed by atoms with Crippen LogP contribution in [0.2, 0.25) is 0 Å². The Morgan fingerprint density at radius 2 is 2.21 bits per heavy atom. The van der Waals surface area contributed by atoms with Gasteiger partial charge in [0.2, 0.25) is 0 Å². The van der Waals surface area contributed by atoms with Crippen LogP contribution in [0.5, 0.6) is 5.75 Å². The molecule has 1 aromatic carbocycles. The van der Waals surface area contributed by atoms with Crippen LogP contribution < -0.4 is 0 Å². The van der Waals surface area contributed by atoms with Crippen molar-refractivity contribution in [1.82, 2.24) is 4.90 Å². The summed E-state index contributed by atoms with van der Waals surface area (Å²) in [6.07, 6.45) is 8.08. The number of fused-ring (bicyclic) bond motifs is 2. The Balaban J connectivity index is 1.76. The largest absolute Gasteiger partial charge is 0.508 e. The van der Waals surface area contributed by atoms with E-state index < -0.39 is 0 Å². The number of likely N-dealkylation sites (N-methyl/N-ethyl adjacent to an activating group) is 1. The molecule has 1 saturated heterocycles. The van der Waals surface area contributed by atoms with E-state index in [1.807, 2.05) is 6.07 Å². The van der Waals surface area contributed by atoms with Crippen LogP contribution >= 0.6 is 0 Å². The number of hydrogen-bond acceptors (Lipinski definition) is 2. The Bertz CT molecular complexity index is 583. The summed E-state index contributed by atoms with van der Waals surface area (Å²) < 4.78 is 0. The second-order valence-electron chi connectivity index (χ2n) is 7.36. The third kappa shape index (κ3) is 1.02. The molecule has 2 bridgehead atoms. The zero-order chi connectivity index (χ0) is 12.8. The van der Waals surface area contributed by atoms with Crippen LogP contribution in [0.4, 0.5) is 0 Å². The van der Waals surface area contributed by atoms with Gasteiger partial charge in [0.15, 0.2) is 0 Å². The van der Waals surface area contributed by atoms with Gasteiger partial charge in [-0.15, -0.1) is 0 Å². The van der Waals surface area contributed by atoms with Gasteiger partial charge >= 0.3 is 0 Å². The topological polar surface area (TPSA) is 23.2 Å². The second kappa shape index (κ2) is 3.01. The van der Waals surface area contributed by atoms with Crippen molar-refractivity contribution in [2.75, 3.05) is 7.05 Å². The van der Waals surface area contributed by atoms with Crippen LogP contribution in [0, 0.1) is 5.92 Å². The van der Waals surface area contributed by atoms with E-state index in [9.17, 15) is 5.11 Å². The van der Waals surface area contributed by atoms with Gasteiger partial charge in [-0.3, -0.25) is 4.90 Å². The number of piperidine rings is 1. The van der Waals surface area contributed by atoms with E-state index in [2.05, 4.69) is 24.1 Å². The molecular weight excluding hydrogens is 234 g/mol. The molecule has 2 spiro atoms. The van der Waals surface area contributed by atoms with Gasteiger partial charge in [0.25, 0.3) is 0 Å². The molecule has 5 atom stereocenters. The number of likely N-dealkylation sites (tertiary alicyclic amines) is 1. The number of rotatable bonds is 0. The van der Waals surface area contributed by atoms with Gasteiger partial charge < -0.3 is 5.11 Å². The minimum atomic E-state index is 0.405. The monoisotopic (exact) mass is 255 g/mol. The summed E-state index contributed by atoms with van der Waals surface area (Å²) in [5.74, 6) is 1.30. The summed E-state index contributed by atoms with van der Waals surface area (Å²) in [5.41, 5.74) is 3.91. The number of hydrogen-bond donors (Lipinski definition) is 1. The number of aromatic hydroxyl groups is 1. The minimum Gasteiger partial charge on any atom is -0.508 e. The number of phenols is 1. The third-order valence-corrected chi connectivity index (χ3v) is 6.83. The molecule has 19 heavy (non-hydrogen) atoms. The summed E-state index contributed by atoms with van der Waals surface area (Å²) in [4.78, 5) is 2.65. The predicted molar refractivity (Wildman–Crippen MR) is 74.3 cm³/mol. The van der Waals surface area contributed by atoms with Gasteiger partial charge in [-0.2, -0.15) is 0 Å². The summed E-state index contributed by atoms with van der Waals surface area (Å²) in [6.45, 7) is 0. The van der Waals surface area contributed by atoms with E-state index in [-0.39, 0.29) is 0 Å². The maximum Gasteiger partial charge on any atom is 0.115 e. The molecule has 1 aliphatic heterocycles. The molecule has 0 amide bonds. The van der Waals surface area contributed by atoms with Crippen LogP contribution in [0.1, 0.15) is 43.2 Å². The van der Waals surface area contributed by atoms with Crippen LogP contribution in [-0.2, 0) is 11.8 Å². The number of phenolic OH excluding ortho intramolecular Hbond substituents is 1. The number of benzene rings is 1. The van der Waals surface area contributed by atoms with Gasteiger partial charge in [-0.25, -0.2) is 0 Å². The first-order chi connectivity index (χ1) is 9.17. The minimum absolute atomic E-state index is 0.405. The normalized spacial score (nSPS) is 49.2. The second-order valence-corrected chi connectivity index (χ2v) is 7.36. The first-order valence-electron chi connectivity index (χ1n) is 7.73. The molecule has 2 heteroatoms.